The SMILES string of the molecule is CC(OCC1(c2cccc(Br)c2)CCNCC1)c1ccccc1. The molecule has 0 aliphatic carbocycles. The van der Waals surface area contributed by atoms with E-state index in [1.54, 1.807) is 0 Å². The summed E-state index contributed by atoms with van der Waals surface area (Å²) in [6, 6.07) is 19.2. The average Bonchev–Trinajstić information content (AvgIpc) is 2.61. The van der Waals surface area contributed by atoms with E-state index < -0.39 is 0 Å². The van der Waals surface area contributed by atoms with Crippen molar-refractivity contribution in [2.75, 3.05) is 19.7 Å². The molecule has 2 nitrogen and oxygen atoms in total. The number of ether oxygens (including phenoxy) is 1. The van der Waals surface area contributed by atoms with Gasteiger partial charge in [-0.2, -0.15) is 0 Å². The number of piperidine rings is 1. The molecule has 1 N–H and O–H groups in total. The third-order valence-corrected chi connectivity index (χ3v) is 5.37. The number of rotatable bonds is 5. The van der Waals surface area contributed by atoms with Gasteiger partial charge in [-0.15, -0.1) is 0 Å². The van der Waals surface area contributed by atoms with E-state index in [-0.39, 0.29) is 11.5 Å². The molecule has 1 saturated heterocycles. The van der Waals surface area contributed by atoms with Gasteiger partial charge in [0.25, 0.3) is 0 Å². The number of nitrogens with one attached hydrogen (secondary N) is 1. The van der Waals surface area contributed by atoms with E-state index in [9.17, 15) is 0 Å². The molecule has 1 fully saturated rings. The zero-order chi connectivity index (χ0) is 16.1. The molecule has 1 heterocycles. The molecule has 3 rings (SSSR count). The number of hydrogen-bond donors (Lipinski definition) is 1. The lowest BCUT2D eigenvalue weighted by Gasteiger charge is -2.39. The fourth-order valence-corrected chi connectivity index (χ4v) is 3.74. The predicted molar refractivity (Wildman–Crippen MR) is 98.7 cm³/mol. The van der Waals surface area contributed by atoms with Crippen molar-refractivity contribution in [2.24, 2.45) is 0 Å². The van der Waals surface area contributed by atoms with Crippen LogP contribution < -0.4 is 5.32 Å². The van der Waals surface area contributed by atoms with Gasteiger partial charge in [-0.3, -0.25) is 0 Å². The molecule has 0 aromatic heterocycles. The Kier molecular flexibility index (Phi) is 5.52. The van der Waals surface area contributed by atoms with Gasteiger partial charge < -0.3 is 10.1 Å². The van der Waals surface area contributed by atoms with Crippen LogP contribution in [0.1, 0.15) is 37.0 Å². The summed E-state index contributed by atoms with van der Waals surface area (Å²) >= 11 is 3.61. The summed E-state index contributed by atoms with van der Waals surface area (Å²) < 4.78 is 7.46. The van der Waals surface area contributed by atoms with Crippen molar-refractivity contribution in [3.63, 3.8) is 0 Å². The fourth-order valence-electron chi connectivity index (χ4n) is 3.34. The third kappa shape index (κ3) is 4.03. The van der Waals surface area contributed by atoms with E-state index in [4.69, 9.17) is 4.74 Å². The normalized spacial score (nSPS) is 18.5. The molecule has 2 aromatic rings. The molecule has 1 atom stereocenters. The van der Waals surface area contributed by atoms with Gasteiger partial charge in [0.2, 0.25) is 0 Å². The van der Waals surface area contributed by atoms with Crippen LogP contribution in [0.3, 0.4) is 0 Å². The van der Waals surface area contributed by atoms with Gasteiger partial charge in [0.05, 0.1) is 12.7 Å². The van der Waals surface area contributed by atoms with E-state index >= 15 is 0 Å². The van der Waals surface area contributed by atoms with Gasteiger partial charge in [0.1, 0.15) is 0 Å². The maximum Gasteiger partial charge on any atom is 0.0797 e. The van der Waals surface area contributed by atoms with E-state index in [0.717, 1.165) is 37.0 Å². The van der Waals surface area contributed by atoms with Crippen LogP contribution in [0, 0.1) is 0 Å². The van der Waals surface area contributed by atoms with Crippen molar-refractivity contribution in [1.29, 1.82) is 0 Å². The highest BCUT2D eigenvalue weighted by atomic mass is 79.9. The monoisotopic (exact) mass is 373 g/mol. The van der Waals surface area contributed by atoms with Gasteiger partial charge >= 0.3 is 0 Å². The summed E-state index contributed by atoms with van der Waals surface area (Å²) in [5.74, 6) is 0. The Bertz CT molecular complexity index is 623. The molecule has 0 amide bonds. The molecule has 0 radical (unpaired) electrons. The molecule has 0 spiro atoms. The first-order chi connectivity index (χ1) is 11.2. The fraction of sp³-hybridized carbons (Fsp3) is 0.400. The Morgan fingerprint density at radius 1 is 1.09 bits per heavy atom. The van der Waals surface area contributed by atoms with Crippen molar-refractivity contribution in [3.8, 4) is 0 Å². The highest BCUT2D eigenvalue weighted by Gasteiger charge is 2.35. The molecule has 0 saturated carbocycles. The Morgan fingerprint density at radius 2 is 1.83 bits per heavy atom. The van der Waals surface area contributed by atoms with Crippen LogP contribution in [0.15, 0.2) is 59.1 Å². The average molecular weight is 374 g/mol. The van der Waals surface area contributed by atoms with E-state index in [0.29, 0.717) is 0 Å². The summed E-state index contributed by atoms with van der Waals surface area (Å²) in [5.41, 5.74) is 2.73. The van der Waals surface area contributed by atoms with E-state index in [1.165, 1.54) is 11.1 Å². The molecule has 1 unspecified atom stereocenters. The zero-order valence-corrected chi connectivity index (χ0v) is 15.2. The Balaban J connectivity index is 1.77. The number of benzene rings is 2. The van der Waals surface area contributed by atoms with Gasteiger partial charge in [0, 0.05) is 9.89 Å². The first kappa shape index (κ1) is 16.7. The summed E-state index contributed by atoms with van der Waals surface area (Å²) in [4.78, 5) is 0. The predicted octanol–water partition coefficient (Wildman–Crippen LogP) is 4.85. The van der Waals surface area contributed by atoms with Crippen molar-refractivity contribution in [2.45, 2.75) is 31.3 Å². The summed E-state index contributed by atoms with van der Waals surface area (Å²) in [7, 11) is 0. The van der Waals surface area contributed by atoms with Crippen LogP contribution in [-0.2, 0) is 10.2 Å². The topological polar surface area (TPSA) is 21.3 Å². The van der Waals surface area contributed by atoms with Gasteiger partial charge in [-0.25, -0.2) is 0 Å². The smallest absolute Gasteiger partial charge is 0.0797 e. The van der Waals surface area contributed by atoms with Crippen molar-refractivity contribution in [3.05, 3.63) is 70.2 Å². The minimum atomic E-state index is 0.109. The molecule has 0 bridgehead atoms. The largest absolute Gasteiger partial charge is 0.373 e. The standard InChI is InChI=1S/C20H24BrNO/c1-16(17-6-3-2-4-7-17)23-15-20(10-12-22-13-11-20)18-8-5-9-19(21)14-18/h2-9,14,16,22H,10-13,15H2,1H3. The molecule has 3 heteroatoms. The van der Waals surface area contributed by atoms with Crippen LogP contribution in [0.2, 0.25) is 0 Å². The van der Waals surface area contributed by atoms with Crippen LogP contribution in [-0.4, -0.2) is 19.7 Å². The second kappa shape index (κ2) is 7.61. The Labute approximate surface area is 147 Å². The minimum Gasteiger partial charge on any atom is -0.373 e. The maximum absolute atomic E-state index is 6.32. The van der Waals surface area contributed by atoms with E-state index in [1.807, 2.05) is 6.07 Å². The lowest BCUT2D eigenvalue weighted by atomic mass is 9.74. The number of hydrogen-bond acceptors (Lipinski definition) is 2. The lowest BCUT2D eigenvalue weighted by molar-refractivity contribution is 0.0166. The molecular formula is C20H24BrNO. The second-order valence-electron chi connectivity index (χ2n) is 6.40. The van der Waals surface area contributed by atoms with Crippen LogP contribution >= 0.6 is 15.9 Å². The van der Waals surface area contributed by atoms with Gasteiger partial charge in [-0.1, -0.05) is 58.4 Å². The zero-order valence-electron chi connectivity index (χ0n) is 13.6. The molecule has 2 aromatic carbocycles. The van der Waals surface area contributed by atoms with Crippen LogP contribution in [0.5, 0.6) is 0 Å². The number of halogens is 1. The first-order valence-electron chi connectivity index (χ1n) is 8.33. The van der Waals surface area contributed by atoms with Crippen molar-refractivity contribution >= 4 is 15.9 Å². The molecule has 23 heavy (non-hydrogen) atoms. The maximum atomic E-state index is 6.32. The quantitative estimate of drug-likeness (QED) is 0.808. The van der Waals surface area contributed by atoms with Crippen molar-refractivity contribution in [1.82, 2.24) is 5.32 Å². The summed E-state index contributed by atoms with van der Waals surface area (Å²) in [5, 5.41) is 3.48. The second-order valence-corrected chi connectivity index (χ2v) is 7.32. The van der Waals surface area contributed by atoms with Crippen molar-refractivity contribution < 1.29 is 4.74 Å². The Morgan fingerprint density at radius 3 is 2.52 bits per heavy atom. The highest BCUT2D eigenvalue weighted by Crippen LogP contribution is 2.36. The lowest BCUT2D eigenvalue weighted by Crippen LogP contribution is -2.43. The van der Waals surface area contributed by atoms with Crippen LogP contribution in [0.25, 0.3) is 0 Å². The summed E-state index contributed by atoms with van der Waals surface area (Å²) in [6.07, 6.45) is 2.35. The first-order valence-corrected chi connectivity index (χ1v) is 9.12. The molecule has 1 aliphatic heterocycles. The molecule has 1 aliphatic rings. The van der Waals surface area contributed by atoms with E-state index in [2.05, 4.69) is 76.7 Å². The third-order valence-electron chi connectivity index (χ3n) is 4.88. The Hall–Kier alpha value is -1.16. The van der Waals surface area contributed by atoms with Gasteiger partial charge in [0.15, 0.2) is 0 Å². The highest BCUT2D eigenvalue weighted by molar-refractivity contribution is 9.10. The van der Waals surface area contributed by atoms with Gasteiger partial charge in [-0.05, 0) is 56.1 Å². The molecule has 122 valence electrons. The minimum absolute atomic E-state index is 0.109. The van der Waals surface area contributed by atoms with Crippen LogP contribution in [0.4, 0.5) is 0 Å². The molecular weight excluding hydrogens is 350 g/mol. The summed E-state index contributed by atoms with van der Waals surface area (Å²) in [6.45, 7) is 5.01.